The number of carbonyl (C=O) groups is 1. The highest BCUT2D eigenvalue weighted by molar-refractivity contribution is 7.98. The second-order valence-corrected chi connectivity index (χ2v) is 11.5. The van der Waals surface area contributed by atoms with E-state index < -0.39 is 0 Å². The van der Waals surface area contributed by atoms with E-state index in [1.807, 2.05) is 30.3 Å². The van der Waals surface area contributed by atoms with Gasteiger partial charge in [0.2, 0.25) is 0 Å². The Morgan fingerprint density at radius 3 is 2.55 bits per heavy atom. The molecule has 1 N–H and O–H groups in total. The number of aromatic nitrogens is 2. The second-order valence-electron chi connectivity index (χ2n) is 10.1. The molecule has 2 aromatic carbocycles. The number of carbonyl (C=O) groups excluding carboxylic acids is 1. The van der Waals surface area contributed by atoms with Crippen LogP contribution in [0.3, 0.4) is 0 Å². The van der Waals surface area contributed by atoms with Crippen molar-refractivity contribution in [3.05, 3.63) is 76.4 Å². The zero-order valence-corrected chi connectivity index (χ0v) is 24.6. The number of morpholine rings is 1. The van der Waals surface area contributed by atoms with Crippen LogP contribution >= 0.6 is 23.4 Å². The minimum absolute atomic E-state index is 0.0417. The topological polar surface area (TPSA) is 73.8 Å². The van der Waals surface area contributed by atoms with E-state index in [-0.39, 0.29) is 5.91 Å². The highest BCUT2D eigenvalue weighted by Gasteiger charge is 2.20. The first-order valence-corrected chi connectivity index (χ1v) is 15.3. The van der Waals surface area contributed by atoms with Gasteiger partial charge >= 0.3 is 0 Å². The number of hydrogen-bond donors (Lipinski definition) is 1. The quantitative estimate of drug-likeness (QED) is 0.163. The van der Waals surface area contributed by atoms with Crippen molar-refractivity contribution in [3.63, 3.8) is 0 Å². The third-order valence-corrected chi connectivity index (χ3v) is 8.43. The van der Waals surface area contributed by atoms with Crippen molar-refractivity contribution in [1.29, 1.82) is 0 Å². The third kappa shape index (κ3) is 7.87. The fraction of sp³-hybridized carbons (Fsp3) is 0.433. The lowest BCUT2D eigenvalue weighted by Gasteiger charge is -2.37. The molecule has 0 unspecified atom stereocenters. The summed E-state index contributed by atoms with van der Waals surface area (Å²) in [6.45, 7) is 10.9. The Morgan fingerprint density at radius 1 is 0.975 bits per heavy atom. The highest BCUT2D eigenvalue weighted by atomic mass is 35.5. The molecule has 8 nitrogen and oxygen atoms in total. The van der Waals surface area contributed by atoms with Gasteiger partial charge in [0.05, 0.1) is 13.2 Å². The van der Waals surface area contributed by atoms with Gasteiger partial charge in [-0.3, -0.25) is 9.69 Å². The summed E-state index contributed by atoms with van der Waals surface area (Å²) in [5.41, 5.74) is 4.31. The summed E-state index contributed by atoms with van der Waals surface area (Å²) in [6.07, 6.45) is 0.927. The minimum atomic E-state index is -0.0417. The maximum atomic E-state index is 12.7. The maximum absolute atomic E-state index is 12.7. The first-order chi connectivity index (χ1) is 19.5. The molecule has 40 heavy (non-hydrogen) atoms. The summed E-state index contributed by atoms with van der Waals surface area (Å²) in [5, 5.41) is 4.14. The van der Waals surface area contributed by atoms with Crippen molar-refractivity contribution in [2.75, 3.05) is 75.4 Å². The molecular weight excluding hydrogens is 544 g/mol. The molecule has 212 valence electrons. The lowest BCUT2D eigenvalue weighted by molar-refractivity contribution is 0.0374. The predicted octanol–water partition coefficient (Wildman–Crippen LogP) is 4.51. The number of halogens is 1. The van der Waals surface area contributed by atoms with Gasteiger partial charge in [-0.25, -0.2) is 9.97 Å². The molecule has 2 aliphatic rings. The molecular formula is C30H37ClN6O2S. The molecule has 2 saturated heterocycles. The number of para-hydroxylation sites is 1. The average Bonchev–Trinajstić information content (AvgIpc) is 2.99. The summed E-state index contributed by atoms with van der Waals surface area (Å²) in [7, 11) is 0. The smallest absolute Gasteiger partial charge is 0.251 e. The van der Waals surface area contributed by atoms with Crippen LogP contribution in [0.1, 0.15) is 27.9 Å². The summed E-state index contributed by atoms with van der Waals surface area (Å²) in [4.78, 5) is 29.1. The predicted molar refractivity (Wildman–Crippen MR) is 163 cm³/mol. The lowest BCUT2D eigenvalue weighted by Crippen LogP contribution is -2.47. The van der Waals surface area contributed by atoms with Gasteiger partial charge < -0.3 is 19.9 Å². The maximum Gasteiger partial charge on any atom is 0.251 e. The molecule has 0 spiro atoms. The number of nitrogens with one attached hydrogen (secondary N) is 1. The molecule has 5 rings (SSSR count). The first kappa shape index (κ1) is 28.7. The first-order valence-electron chi connectivity index (χ1n) is 14.0. The van der Waals surface area contributed by atoms with Gasteiger partial charge in [-0.1, -0.05) is 53.7 Å². The van der Waals surface area contributed by atoms with E-state index >= 15 is 0 Å². The lowest BCUT2D eigenvalue weighted by atomic mass is 10.1. The fourth-order valence-corrected chi connectivity index (χ4v) is 6.11. The second kappa shape index (κ2) is 14.2. The van der Waals surface area contributed by atoms with Gasteiger partial charge in [0.15, 0.2) is 5.16 Å². The van der Waals surface area contributed by atoms with E-state index in [1.54, 1.807) is 0 Å². The number of piperazine rings is 1. The van der Waals surface area contributed by atoms with Crippen molar-refractivity contribution in [2.45, 2.75) is 24.3 Å². The number of ether oxygens (including phenoxy) is 1. The number of rotatable bonds is 10. The van der Waals surface area contributed by atoms with Crippen LogP contribution in [-0.4, -0.2) is 86.3 Å². The Bertz CT molecular complexity index is 1280. The summed E-state index contributed by atoms with van der Waals surface area (Å²) in [5.74, 6) is 1.47. The normalized spacial score (nSPS) is 16.2. The third-order valence-electron chi connectivity index (χ3n) is 7.32. The molecule has 0 atom stereocenters. The van der Waals surface area contributed by atoms with Crippen molar-refractivity contribution in [3.8, 4) is 0 Å². The molecule has 0 saturated carbocycles. The molecule has 0 radical (unpaired) electrons. The number of hydrogen-bond acceptors (Lipinski definition) is 8. The van der Waals surface area contributed by atoms with Crippen LogP contribution in [0.5, 0.6) is 0 Å². The van der Waals surface area contributed by atoms with Gasteiger partial charge in [-0.15, -0.1) is 0 Å². The SMILES string of the molecule is Cc1ccccc1N1CCN(c2cc(Cl)nc(SCc3cccc(C(=O)NCCCN4CCOCC4)c3)n2)CC1. The molecule has 1 amide bonds. The van der Waals surface area contributed by atoms with Gasteiger partial charge in [0.1, 0.15) is 11.0 Å². The van der Waals surface area contributed by atoms with Gasteiger partial charge in [0.25, 0.3) is 5.91 Å². The van der Waals surface area contributed by atoms with E-state index in [9.17, 15) is 4.79 Å². The van der Waals surface area contributed by atoms with Crippen molar-refractivity contribution in [2.24, 2.45) is 0 Å². The highest BCUT2D eigenvalue weighted by Crippen LogP contribution is 2.27. The number of benzene rings is 2. The van der Waals surface area contributed by atoms with Crippen molar-refractivity contribution in [1.82, 2.24) is 20.2 Å². The monoisotopic (exact) mass is 580 g/mol. The number of nitrogens with zero attached hydrogens (tertiary/aromatic N) is 5. The molecule has 2 aliphatic heterocycles. The number of amides is 1. The van der Waals surface area contributed by atoms with Crippen LogP contribution in [0.15, 0.2) is 59.8 Å². The van der Waals surface area contributed by atoms with E-state index in [1.165, 1.54) is 23.0 Å². The number of thioether (sulfide) groups is 1. The van der Waals surface area contributed by atoms with Crippen molar-refractivity contribution < 1.29 is 9.53 Å². The largest absolute Gasteiger partial charge is 0.379 e. The van der Waals surface area contributed by atoms with Crippen LogP contribution in [0.2, 0.25) is 5.15 Å². The van der Waals surface area contributed by atoms with Gasteiger partial charge in [-0.2, -0.15) is 0 Å². The Labute approximate surface area is 246 Å². The van der Waals surface area contributed by atoms with E-state index in [0.717, 1.165) is 76.8 Å². The van der Waals surface area contributed by atoms with Gasteiger partial charge in [-0.05, 0) is 49.2 Å². The van der Waals surface area contributed by atoms with Gasteiger partial charge in [0, 0.05) is 68.9 Å². The molecule has 1 aromatic heterocycles. The molecule has 2 fully saturated rings. The van der Waals surface area contributed by atoms with Crippen molar-refractivity contribution >= 4 is 40.8 Å². The standard InChI is InChI=1S/C30H37ClN6O2S/c1-23-6-2-3-9-26(23)36-12-14-37(15-13-36)28-21-27(31)33-30(34-28)40-22-24-7-4-8-25(20-24)29(38)32-10-5-11-35-16-18-39-19-17-35/h2-4,6-9,20-21H,5,10-19,22H2,1H3,(H,32,38). The van der Waals surface area contributed by atoms with Crippen LogP contribution in [0.4, 0.5) is 11.5 Å². The average molecular weight is 581 g/mol. The number of aryl methyl sites for hydroxylation is 1. The molecule has 3 aromatic rings. The van der Waals surface area contributed by atoms with E-state index in [4.69, 9.17) is 21.3 Å². The zero-order chi connectivity index (χ0) is 27.7. The Kier molecular flexibility index (Phi) is 10.2. The number of anilines is 2. The summed E-state index contributed by atoms with van der Waals surface area (Å²) < 4.78 is 5.39. The molecule has 3 heterocycles. The fourth-order valence-electron chi connectivity index (χ4n) is 5.09. The molecule has 0 bridgehead atoms. The van der Waals surface area contributed by atoms with E-state index in [2.05, 4.69) is 56.2 Å². The molecule has 0 aliphatic carbocycles. The van der Waals surface area contributed by atoms with Crippen LogP contribution < -0.4 is 15.1 Å². The van der Waals surface area contributed by atoms with Crippen LogP contribution in [0.25, 0.3) is 0 Å². The Morgan fingerprint density at radius 2 is 1.75 bits per heavy atom. The molecule has 10 heteroatoms. The zero-order valence-electron chi connectivity index (χ0n) is 23.0. The Balaban J connectivity index is 1.12. The van der Waals surface area contributed by atoms with Crippen LogP contribution in [-0.2, 0) is 10.5 Å². The Hall–Kier alpha value is -2.85. The summed E-state index contributed by atoms with van der Waals surface area (Å²) in [6, 6.07) is 18.1. The minimum Gasteiger partial charge on any atom is -0.379 e. The van der Waals surface area contributed by atoms with E-state index in [0.29, 0.717) is 28.2 Å². The summed E-state index contributed by atoms with van der Waals surface area (Å²) >= 11 is 7.94. The van der Waals surface area contributed by atoms with Crippen LogP contribution in [0, 0.1) is 6.92 Å².